The number of nitrogens with zero attached hydrogens (tertiary/aromatic N) is 3. The first-order chi connectivity index (χ1) is 28.2. The molecule has 0 aliphatic heterocycles. The zero-order chi connectivity index (χ0) is 37.5. The number of H-pyrrole nitrogens is 3. The molecule has 0 amide bonds. The Bertz CT molecular complexity index is 3430. The van der Waals surface area contributed by atoms with Crippen LogP contribution in [0, 0.1) is 0 Å². The third-order valence-electron chi connectivity index (χ3n) is 11.3. The fourth-order valence-corrected chi connectivity index (χ4v) is 8.55. The Morgan fingerprint density at radius 1 is 0.281 bits per heavy atom. The lowest BCUT2D eigenvalue weighted by Gasteiger charge is -2.19. The Hall–Kier alpha value is -7.83. The van der Waals surface area contributed by atoms with E-state index in [0.717, 1.165) is 105 Å². The van der Waals surface area contributed by atoms with E-state index in [1.165, 1.54) is 16.3 Å². The molecule has 0 saturated heterocycles. The zero-order valence-corrected chi connectivity index (χ0v) is 30.6. The molecule has 0 aliphatic carbocycles. The molecular formula is C51H32N6. The molecule has 0 radical (unpaired) electrons. The number of rotatable bonds is 5. The van der Waals surface area contributed by atoms with Crippen molar-refractivity contribution in [3.8, 4) is 56.4 Å². The average Bonchev–Trinajstić information content (AvgIpc) is 4.02. The minimum absolute atomic E-state index is 0.844. The predicted molar refractivity (Wildman–Crippen MR) is 235 cm³/mol. The highest BCUT2D eigenvalue weighted by molar-refractivity contribution is 6.23. The van der Waals surface area contributed by atoms with Gasteiger partial charge in [-0.3, -0.25) is 0 Å². The van der Waals surface area contributed by atoms with Crippen LogP contribution in [0.25, 0.3) is 122 Å². The standard InChI is InChI=1S/C51H32N6/c1-2-10-33-27-34(22-17-30(33)9-1)48-38-26-24-35(50-54-43-13-5-6-14-44(43)55-50)28-39(38)47(31-18-20-32(21-19-31)49-52-41-11-3-4-12-42(41)53-49)37-25-23-36(29-40(37)48)51-56-45-15-7-8-16-46(45)57-51/h1-29H,(H,52,53)(H,54,55)(H,56,57). The molecular weight excluding hydrogens is 697 g/mol. The van der Waals surface area contributed by atoms with Crippen LogP contribution in [0.4, 0.5) is 0 Å². The molecule has 0 atom stereocenters. The van der Waals surface area contributed by atoms with Gasteiger partial charge in [0.05, 0.1) is 33.1 Å². The number of fused-ring (bicyclic) bond motifs is 6. The molecule has 6 heteroatoms. The van der Waals surface area contributed by atoms with Gasteiger partial charge in [-0.15, -0.1) is 0 Å². The number of aromatic nitrogens is 6. The van der Waals surface area contributed by atoms with Gasteiger partial charge in [-0.2, -0.15) is 0 Å². The van der Waals surface area contributed by atoms with Crippen molar-refractivity contribution in [2.45, 2.75) is 0 Å². The molecule has 3 N–H and O–H groups in total. The SMILES string of the molecule is c1ccc2cc(-c3c4ccc(-c5nc6ccccc6[nH]5)cc4c(-c4ccc(-c5nc6ccccc6[nH]5)cc4)c4ccc(-c5nc6ccccc6[nH]5)cc34)ccc2c1. The second kappa shape index (κ2) is 12.3. The first-order valence-electron chi connectivity index (χ1n) is 19.2. The Morgan fingerprint density at radius 2 is 0.684 bits per heavy atom. The first-order valence-corrected chi connectivity index (χ1v) is 19.2. The van der Waals surface area contributed by atoms with E-state index in [2.05, 4.69) is 148 Å². The van der Waals surface area contributed by atoms with Gasteiger partial charge >= 0.3 is 0 Å². The number of benzene rings is 9. The van der Waals surface area contributed by atoms with Crippen molar-refractivity contribution < 1.29 is 0 Å². The van der Waals surface area contributed by atoms with Gasteiger partial charge in [0.15, 0.2) is 0 Å². The lowest BCUT2D eigenvalue weighted by atomic mass is 9.84. The molecule has 3 aromatic heterocycles. The maximum absolute atomic E-state index is 5.02. The normalized spacial score (nSPS) is 11.9. The summed E-state index contributed by atoms with van der Waals surface area (Å²) in [5, 5.41) is 7.04. The Balaban J connectivity index is 1.15. The van der Waals surface area contributed by atoms with Crippen molar-refractivity contribution >= 4 is 65.4 Å². The summed E-state index contributed by atoms with van der Waals surface area (Å²) in [4.78, 5) is 25.6. The number of hydrogen-bond donors (Lipinski definition) is 3. The van der Waals surface area contributed by atoms with E-state index in [1.807, 2.05) is 42.5 Å². The van der Waals surface area contributed by atoms with Crippen molar-refractivity contribution in [1.29, 1.82) is 0 Å². The number of para-hydroxylation sites is 6. The number of aromatic amines is 3. The van der Waals surface area contributed by atoms with Crippen LogP contribution in [0.1, 0.15) is 0 Å². The minimum Gasteiger partial charge on any atom is -0.338 e. The smallest absolute Gasteiger partial charge is 0.138 e. The van der Waals surface area contributed by atoms with Crippen LogP contribution in [0.3, 0.4) is 0 Å². The highest BCUT2D eigenvalue weighted by Gasteiger charge is 2.20. The Labute approximate surface area is 326 Å². The second-order valence-corrected chi connectivity index (χ2v) is 14.7. The van der Waals surface area contributed by atoms with E-state index in [4.69, 9.17) is 15.0 Å². The van der Waals surface area contributed by atoms with Crippen LogP contribution in [-0.2, 0) is 0 Å². The monoisotopic (exact) mass is 728 g/mol. The fourth-order valence-electron chi connectivity index (χ4n) is 8.55. The third-order valence-corrected chi connectivity index (χ3v) is 11.3. The summed E-state index contributed by atoms with van der Waals surface area (Å²) >= 11 is 0. The summed E-state index contributed by atoms with van der Waals surface area (Å²) in [6.45, 7) is 0. The van der Waals surface area contributed by atoms with Gasteiger partial charge in [-0.25, -0.2) is 15.0 Å². The van der Waals surface area contributed by atoms with Crippen LogP contribution in [0.5, 0.6) is 0 Å². The molecule has 0 unspecified atom stereocenters. The van der Waals surface area contributed by atoms with Gasteiger partial charge in [0.1, 0.15) is 17.5 Å². The lowest BCUT2D eigenvalue weighted by Crippen LogP contribution is -1.93. The molecule has 0 spiro atoms. The second-order valence-electron chi connectivity index (χ2n) is 14.7. The molecule has 57 heavy (non-hydrogen) atoms. The summed E-state index contributed by atoms with van der Waals surface area (Å²) in [5.41, 5.74) is 13.6. The quantitative estimate of drug-likeness (QED) is 0.154. The summed E-state index contributed by atoms with van der Waals surface area (Å²) in [7, 11) is 0. The summed E-state index contributed by atoms with van der Waals surface area (Å²) in [5.74, 6) is 2.54. The highest BCUT2D eigenvalue weighted by atomic mass is 14.9. The zero-order valence-electron chi connectivity index (χ0n) is 30.6. The van der Waals surface area contributed by atoms with Crippen molar-refractivity contribution in [2.75, 3.05) is 0 Å². The van der Waals surface area contributed by atoms with E-state index in [1.54, 1.807) is 0 Å². The fraction of sp³-hybridized carbons (Fsp3) is 0. The Kier molecular flexibility index (Phi) is 6.83. The molecule has 3 heterocycles. The van der Waals surface area contributed by atoms with E-state index < -0.39 is 0 Å². The molecule has 0 saturated carbocycles. The van der Waals surface area contributed by atoms with E-state index in [9.17, 15) is 0 Å². The molecule has 6 nitrogen and oxygen atoms in total. The van der Waals surface area contributed by atoms with Gasteiger partial charge in [0.25, 0.3) is 0 Å². The lowest BCUT2D eigenvalue weighted by molar-refractivity contribution is 1.34. The van der Waals surface area contributed by atoms with Gasteiger partial charge in [-0.05, 0) is 109 Å². The van der Waals surface area contributed by atoms with Crippen LogP contribution in [0.15, 0.2) is 176 Å². The van der Waals surface area contributed by atoms with Crippen molar-refractivity contribution in [3.63, 3.8) is 0 Å². The summed E-state index contributed by atoms with van der Waals surface area (Å²) in [6, 6.07) is 62.4. The van der Waals surface area contributed by atoms with Gasteiger partial charge < -0.3 is 15.0 Å². The maximum atomic E-state index is 5.02. The minimum atomic E-state index is 0.844. The van der Waals surface area contributed by atoms with Gasteiger partial charge in [0.2, 0.25) is 0 Å². The highest BCUT2D eigenvalue weighted by Crippen LogP contribution is 2.46. The number of hydrogen-bond acceptors (Lipinski definition) is 3. The van der Waals surface area contributed by atoms with Crippen molar-refractivity contribution in [1.82, 2.24) is 29.9 Å². The van der Waals surface area contributed by atoms with E-state index >= 15 is 0 Å². The van der Waals surface area contributed by atoms with Crippen LogP contribution < -0.4 is 0 Å². The Morgan fingerprint density at radius 3 is 1.21 bits per heavy atom. The average molecular weight is 729 g/mol. The first kappa shape index (κ1) is 31.5. The van der Waals surface area contributed by atoms with Crippen LogP contribution >= 0.6 is 0 Å². The van der Waals surface area contributed by atoms with Crippen LogP contribution in [0.2, 0.25) is 0 Å². The van der Waals surface area contributed by atoms with E-state index in [-0.39, 0.29) is 0 Å². The number of nitrogens with one attached hydrogen (secondary N) is 3. The topological polar surface area (TPSA) is 86.0 Å². The maximum Gasteiger partial charge on any atom is 0.138 e. The predicted octanol–water partition coefficient (Wildman–Crippen LogP) is 13.1. The summed E-state index contributed by atoms with van der Waals surface area (Å²) in [6.07, 6.45) is 0. The van der Waals surface area contributed by atoms with Gasteiger partial charge in [0, 0.05) is 16.7 Å². The van der Waals surface area contributed by atoms with Crippen LogP contribution in [-0.4, -0.2) is 29.9 Å². The largest absolute Gasteiger partial charge is 0.338 e. The third kappa shape index (κ3) is 5.15. The summed E-state index contributed by atoms with van der Waals surface area (Å²) < 4.78 is 0. The molecule has 0 fully saturated rings. The molecule has 12 rings (SSSR count). The van der Waals surface area contributed by atoms with E-state index in [0.29, 0.717) is 0 Å². The molecule has 0 aliphatic rings. The molecule has 12 aromatic rings. The molecule has 0 bridgehead atoms. The molecule has 9 aromatic carbocycles. The van der Waals surface area contributed by atoms with Gasteiger partial charge in [-0.1, -0.05) is 121 Å². The van der Waals surface area contributed by atoms with Crippen molar-refractivity contribution in [3.05, 3.63) is 176 Å². The molecule has 266 valence electrons. The number of imidazole rings is 3. The van der Waals surface area contributed by atoms with Crippen molar-refractivity contribution in [2.24, 2.45) is 0 Å².